The van der Waals surface area contributed by atoms with E-state index >= 15 is 0 Å². The van der Waals surface area contributed by atoms with E-state index in [0.29, 0.717) is 11.3 Å². The van der Waals surface area contributed by atoms with Gasteiger partial charge >= 0.3 is 0 Å². The molecule has 0 saturated carbocycles. The molecule has 1 heterocycles. The third-order valence-corrected chi connectivity index (χ3v) is 3.01. The number of nitroso groups, excluding NO2 is 1. The summed E-state index contributed by atoms with van der Waals surface area (Å²) in [5, 5.41) is 6.06. The highest BCUT2D eigenvalue weighted by Crippen LogP contribution is 2.16. The van der Waals surface area contributed by atoms with Crippen molar-refractivity contribution in [3.05, 3.63) is 34.0 Å². The van der Waals surface area contributed by atoms with Crippen LogP contribution in [0.15, 0.2) is 34.7 Å². The fourth-order valence-electron chi connectivity index (χ4n) is 1.38. The van der Waals surface area contributed by atoms with Crippen molar-refractivity contribution >= 4 is 21.6 Å². The van der Waals surface area contributed by atoms with Crippen molar-refractivity contribution in [1.29, 1.82) is 0 Å². The Hall–Kier alpha value is -1.93. The second kappa shape index (κ2) is 4.07. The molecule has 0 fully saturated rings. The zero-order chi connectivity index (χ0) is 10.7. The zero-order valence-electron chi connectivity index (χ0n) is 7.75. The molecule has 0 amide bonds. The molecule has 15 heavy (non-hydrogen) atoms. The lowest BCUT2D eigenvalue weighted by molar-refractivity contribution is 0.826. The molecule has 1 aromatic carbocycles. The molecule has 1 aromatic heterocycles. The van der Waals surface area contributed by atoms with Gasteiger partial charge in [-0.15, -0.1) is 11.3 Å². The summed E-state index contributed by atoms with van der Waals surface area (Å²) < 4.78 is 2.83. The molecule has 0 bridgehead atoms. The van der Waals surface area contributed by atoms with E-state index in [4.69, 9.17) is 6.42 Å². The number of aromatic nitrogens is 1. The number of benzene rings is 1. The molecule has 0 unspecified atom stereocenters. The summed E-state index contributed by atoms with van der Waals surface area (Å²) in [5.41, 5.74) is 0.975. The Kier molecular flexibility index (Phi) is 2.61. The van der Waals surface area contributed by atoms with Crippen LogP contribution in [0.25, 0.3) is 10.2 Å². The summed E-state index contributed by atoms with van der Waals surface area (Å²) in [6.07, 6.45) is 5.26. The summed E-state index contributed by atoms with van der Waals surface area (Å²) in [7, 11) is 0. The van der Waals surface area contributed by atoms with Crippen molar-refractivity contribution in [3.63, 3.8) is 0 Å². The molecule has 0 saturated heterocycles. The van der Waals surface area contributed by atoms with Crippen LogP contribution in [0.1, 0.15) is 0 Å². The van der Waals surface area contributed by atoms with E-state index in [9.17, 15) is 4.91 Å². The molecule has 0 N–H and O–H groups in total. The molecular weight excluding hydrogens is 210 g/mol. The fourth-order valence-corrected chi connectivity index (χ4v) is 2.35. The SMILES string of the molecule is C#CCn1/c(=N/N=O)sc2ccccc21. The molecule has 0 aliphatic heterocycles. The summed E-state index contributed by atoms with van der Waals surface area (Å²) in [4.78, 5) is 10.7. The highest BCUT2D eigenvalue weighted by Gasteiger charge is 2.03. The lowest BCUT2D eigenvalue weighted by Crippen LogP contribution is -2.13. The zero-order valence-corrected chi connectivity index (χ0v) is 8.57. The molecule has 4 nitrogen and oxygen atoms in total. The Morgan fingerprint density at radius 1 is 1.47 bits per heavy atom. The maximum absolute atomic E-state index is 10.1. The molecule has 5 heteroatoms. The minimum atomic E-state index is 0.387. The molecule has 0 atom stereocenters. The fraction of sp³-hybridized carbons (Fsp3) is 0.100. The maximum atomic E-state index is 10.1. The van der Waals surface area contributed by atoms with E-state index in [1.807, 2.05) is 24.3 Å². The van der Waals surface area contributed by atoms with Crippen LogP contribution in [-0.2, 0) is 6.54 Å². The topological polar surface area (TPSA) is 46.7 Å². The summed E-state index contributed by atoms with van der Waals surface area (Å²) >= 11 is 1.40. The van der Waals surface area contributed by atoms with Gasteiger partial charge in [-0.2, -0.15) is 0 Å². The average molecular weight is 217 g/mol. The monoisotopic (exact) mass is 217 g/mol. The number of nitrogens with zero attached hydrogens (tertiary/aromatic N) is 3. The normalized spacial score (nSPS) is 11.5. The van der Waals surface area contributed by atoms with Gasteiger partial charge in [-0.1, -0.05) is 34.5 Å². The first-order valence-electron chi connectivity index (χ1n) is 4.25. The molecule has 2 aromatic rings. The quantitative estimate of drug-likeness (QED) is 0.430. The van der Waals surface area contributed by atoms with E-state index in [0.717, 1.165) is 10.2 Å². The van der Waals surface area contributed by atoms with Crippen molar-refractivity contribution in [2.75, 3.05) is 0 Å². The number of para-hydroxylation sites is 1. The van der Waals surface area contributed by atoms with Gasteiger partial charge in [-0.25, -0.2) is 0 Å². The van der Waals surface area contributed by atoms with E-state index in [-0.39, 0.29) is 0 Å². The van der Waals surface area contributed by atoms with E-state index < -0.39 is 0 Å². The van der Waals surface area contributed by atoms with Crippen LogP contribution in [0, 0.1) is 17.3 Å². The predicted molar refractivity (Wildman–Crippen MR) is 60.0 cm³/mol. The van der Waals surface area contributed by atoms with Crippen LogP contribution in [0.3, 0.4) is 0 Å². The van der Waals surface area contributed by atoms with Crippen LogP contribution in [0.5, 0.6) is 0 Å². The number of rotatable bonds is 2. The Morgan fingerprint density at radius 3 is 3.00 bits per heavy atom. The van der Waals surface area contributed by atoms with Crippen LogP contribution < -0.4 is 4.80 Å². The third kappa shape index (κ3) is 1.67. The van der Waals surface area contributed by atoms with Gasteiger partial charge in [0.1, 0.15) is 0 Å². The second-order valence-corrected chi connectivity index (χ2v) is 3.83. The van der Waals surface area contributed by atoms with Crippen molar-refractivity contribution in [2.24, 2.45) is 10.4 Å². The Labute approximate surface area is 89.8 Å². The van der Waals surface area contributed by atoms with Crippen LogP contribution >= 0.6 is 11.3 Å². The van der Waals surface area contributed by atoms with Crippen molar-refractivity contribution in [2.45, 2.75) is 6.54 Å². The molecule has 74 valence electrons. The van der Waals surface area contributed by atoms with Gasteiger partial charge in [-0.3, -0.25) is 0 Å². The molecular formula is C10H7N3OS. The van der Waals surface area contributed by atoms with E-state index in [1.54, 1.807) is 4.57 Å². The van der Waals surface area contributed by atoms with E-state index in [1.165, 1.54) is 11.3 Å². The second-order valence-electron chi connectivity index (χ2n) is 2.82. The van der Waals surface area contributed by atoms with Crippen molar-refractivity contribution < 1.29 is 0 Å². The lowest BCUT2D eigenvalue weighted by Gasteiger charge is -1.97. The molecule has 0 radical (unpaired) electrons. The number of hydrogen-bond donors (Lipinski definition) is 0. The molecule has 0 aliphatic rings. The maximum Gasteiger partial charge on any atom is 0.215 e. The van der Waals surface area contributed by atoms with Crippen LogP contribution in [0.2, 0.25) is 0 Å². The van der Waals surface area contributed by atoms with Crippen molar-refractivity contribution in [1.82, 2.24) is 4.57 Å². The van der Waals surface area contributed by atoms with Gasteiger partial charge < -0.3 is 4.57 Å². The van der Waals surface area contributed by atoms with Gasteiger partial charge in [0.25, 0.3) is 0 Å². The van der Waals surface area contributed by atoms with Crippen LogP contribution in [-0.4, -0.2) is 4.57 Å². The lowest BCUT2D eigenvalue weighted by atomic mass is 10.3. The first-order valence-corrected chi connectivity index (χ1v) is 5.06. The van der Waals surface area contributed by atoms with E-state index in [2.05, 4.69) is 16.3 Å². The standard InChI is InChI=1S/C10H7N3OS/c1-2-7-13-8-5-3-4-6-9(8)15-10(13)11-12-14/h1,3-6H,7H2/b11-10-. The first-order chi connectivity index (χ1) is 7.36. The molecule has 2 rings (SSSR count). The third-order valence-electron chi connectivity index (χ3n) is 1.96. The van der Waals surface area contributed by atoms with Gasteiger partial charge in [0.15, 0.2) is 0 Å². The number of terminal acetylenes is 1. The Balaban J connectivity index is 2.81. The summed E-state index contributed by atoms with van der Waals surface area (Å²) in [5.74, 6) is 2.53. The molecule has 0 spiro atoms. The average Bonchev–Trinajstić information content (AvgIpc) is 2.59. The minimum Gasteiger partial charge on any atom is -0.303 e. The Bertz CT molecular complexity index is 603. The minimum absolute atomic E-state index is 0.387. The predicted octanol–water partition coefficient (Wildman–Crippen LogP) is 1.92. The smallest absolute Gasteiger partial charge is 0.215 e. The van der Waals surface area contributed by atoms with Crippen molar-refractivity contribution in [3.8, 4) is 12.3 Å². The van der Waals surface area contributed by atoms with Gasteiger partial charge in [0.2, 0.25) is 4.80 Å². The number of thiazole rings is 1. The highest BCUT2D eigenvalue weighted by atomic mass is 32.1. The van der Waals surface area contributed by atoms with Gasteiger partial charge in [0.05, 0.1) is 22.0 Å². The molecule has 0 aliphatic carbocycles. The summed E-state index contributed by atoms with van der Waals surface area (Å²) in [6.45, 7) is 0.387. The number of hydrogen-bond acceptors (Lipinski definition) is 3. The largest absolute Gasteiger partial charge is 0.303 e. The van der Waals surface area contributed by atoms with Gasteiger partial charge in [0, 0.05) is 0 Å². The highest BCUT2D eigenvalue weighted by molar-refractivity contribution is 7.16. The van der Waals surface area contributed by atoms with Gasteiger partial charge in [-0.05, 0) is 12.1 Å². The summed E-state index contributed by atoms with van der Waals surface area (Å²) in [6, 6.07) is 7.74. The first kappa shape index (κ1) is 9.62. The Morgan fingerprint density at radius 2 is 2.27 bits per heavy atom. The number of fused-ring (bicyclic) bond motifs is 1. The van der Waals surface area contributed by atoms with Crippen LogP contribution in [0.4, 0.5) is 0 Å².